The molecule has 0 radical (unpaired) electrons. The van der Waals surface area contributed by atoms with Crippen LogP contribution in [0.4, 0.5) is 0 Å². The molecule has 2 atom stereocenters. The molecule has 0 amide bonds. The van der Waals surface area contributed by atoms with E-state index < -0.39 is 0 Å². The van der Waals surface area contributed by atoms with Crippen LogP contribution in [0, 0.1) is 11.8 Å². The first-order chi connectivity index (χ1) is 6.67. The van der Waals surface area contributed by atoms with Crippen molar-refractivity contribution in [3.05, 3.63) is 0 Å². The van der Waals surface area contributed by atoms with E-state index in [1.807, 2.05) is 13.8 Å². The quantitative estimate of drug-likeness (QED) is 0.616. The molecule has 0 fully saturated rings. The van der Waals surface area contributed by atoms with Gasteiger partial charge in [0.2, 0.25) is 0 Å². The fourth-order valence-electron chi connectivity index (χ4n) is 1.92. The molecule has 14 heavy (non-hydrogen) atoms. The SMILES string of the molecule is CC.CCOC(CC)C(CC)C(C)C. The lowest BCUT2D eigenvalue weighted by Gasteiger charge is -2.28. The van der Waals surface area contributed by atoms with Gasteiger partial charge in [-0.05, 0) is 25.2 Å². The molecule has 0 bridgehead atoms. The summed E-state index contributed by atoms with van der Waals surface area (Å²) in [5.74, 6) is 1.47. The lowest BCUT2D eigenvalue weighted by atomic mass is 9.87. The van der Waals surface area contributed by atoms with Crippen LogP contribution in [0.15, 0.2) is 0 Å². The molecule has 1 nitrogen and oxygen atoms in total. The van der Waals surface area contributed by atoms with Crippen molar-refractivity contribution in [3.8, 4) is 0 Å². The Bertz CT molecular complexity index is 99.4. The minimum Gasteiger partial charge on any atom is -0.378 e. The normalized spacial score (nSPS) is 14.6. The molecule has 0 aliphatic heterocycles. The highest BCUT2D eigenvalue weighted by Crippen LogP contribution is 2.23. The van der Waals surface area contributed by atoms with Gasteiger partial charge < -0.3 is 4.74 Å². The minimum absolute atomic E-state index is 0.472. The molecule has 0 aliphatic rings. The summed E-state index contributed by atoms with van der Waals surface area (Å²) >= 11 is 0. The van der Waals surface area contributed by atoms with Gasteiger partial charge >= 0.3 is 0 Å². The summed E-state index contributed by atoms with van der Waals surface area (Å²) in [6.07, 6.45) is 2.85. The lowest BCUT2D eigenvalue weighted by Crippen LogP contribution is -2.27. The summed E-state index contributed by atoms with van der Waals surface area (Å²) < 4.78 is 5.71. The van der Waals surface area contributed by atoms with Crippen molar-refractivity contribution in [2.24, 2.45) is 11.8 Å². The monoisotopic (exact) mass is 202 g/mol. The maximum absolute atomic E-state index is 5.71. The van der Waals surface area contributed by atoms with E-state index in [9.17, 15) is 0 Å². The Morgan fingerprint density at radius 2 is 1.43 bits per heavy atom. The Labute approximate surface area is 91.2 Å². The zero-order valence-electron chi connectivity index (χ0n) is 11.3. The minimum atomic E-state index is 0.472. The standard InChI is InChI=1S/C11H24O.C2H6/c1-6-10(9(4)5)11(7-2)12-8-3;1-2/h9-11H,6-8H2,1-5H3;1-2H3. The van der Waals surface area contributed by atoms with Crippen molar-refractivity contribution in [1.29, 1.82) is 0 Å². The van der Waals surface area contributed by atoms with Crippen molar-refractivity contribution in [2.45, 2.75) is 67.4 Å². The van der Waals surface area contributed by atoms with E-state index in [0.717, 1.165) is 24.9 Å². The molecular weight excluding hydrogens is 172 g/mol. The van der Waals surface area contributed by atoms with Crippen LogP contribution in [0.3, 0.4) is 0 Å². The van der Waals surface area contributed by atoms with Crippen LogP contribution in [-0.4, -0.2) is 12.7 Å². The topological polar surface area (TPSA) is 9.23 Å². The van der Waals surface area contributed by atoms with Crippen LogP contribution in [0.25, 0.3) is 0 Å². The van der Waals surface area contributed by atoms with Gasteiger partial charge in [0.25, 0.3) is 0 Å². The second-order valence-electron chi connectivity index (χ2n) is 3.72. The van der Waals surface area contributed by atoms with Crippen molar-refractivity contribution >= 4 is 0 Å². The van der Waals surface area contributed by atoms with Crippen molar-refractivity contribution in [3.63, 3.8) is 0 Å². The van der Waals surface area contributed by atoms with Gasteiger partial charge in [-0.1, -0.05) is 48.0 Å². The van der Waals surface area contributed by atoms with Gasteiger partial charge in [0.05, 0.1) is 6.10 Å². The van der Waals surface area contributed by atoms with E-state index in [1.54, 1.807) is 0 Å². The molecule has 0 rings (SSSR count). The lowest BCUT2D eigenvalue weighted by molar-refractivity contribution is 0.000554. The van der Waals surface area contributed by atoms with Crippen LogP contribution in [0.2, 0.25) is 0 Å². The average molecular weight is 202 g/mol. The van der Waals surface area contributed by atoms with Crippen molar-refractivity contribution in [2.75, 3.05) is 6.61 Å². The Morgan fingerprint density at radius 3 is 1.64 bits per heavy atom. The van der Waals surface area contributed by atoms with Crippen LogP contribution < -0.4 is 0 Å². The smallest absolute Gasteiger partial charge is 0.0602 e. The first-order valence-electron chi connectivity index (χ1n) is 6.28. The molecule has 0 spiro atoms. The molecule has 0 aromatic rings. The molecule has 1 heteroatoms. The first-order valence-corrected chi connectivity index (χ1v) is 6.28. The third-order valence-corrected chi connectivity index (χ3v) is 2.59. The van der Waals surface area contributed by atoms with Gasteiger partial charge in [-0.3, -0.25) is 0 Å². The highest BCUT2D eigenvalue weighted by molar-refractivity contribution is 4.70. The van der Waals surface area contributed by atoms with Gasteiger partial charge in [-0.2, -0.15) is 0 Å². The molecule has 0 saturated heterocycles. The Balaban J connectivity index is 0. The number of hydrogen-bond acceptors (Lipinski definition) is 1. The second kappa shape index (κ2) is 11.0. The Morgan fingerprint density at radius 1 is 0.929 bits per heavy atom. The maximum atomic E-state index is 5.71. The summed E-state index contributed by atoms with van der Waals surface area (Å²) in [6.45, 7) is 16.0. The summed E-state index contributed by atoms with van der Waals surface area (Å²) in [5.41, 5.74) is 0. The molecular formula is C13H30O. The molecule has 0 saturated carbocycles. The van der Waals surface area contributed by atoms with Gasteiger partial charge in [0.1, 0.15) is 0 Å². The van der Waals surface area contributed by atoms with Crippen LogP contribution in [0.5, 0.6) is 0 Å². The Kier molecular flexibility index (Phi) is 12.9. The van der Waals surface area contributed by atoms with Crippen molar-refractivity contribution < 1.29 is 4.74 Å². The predicted octanol–water partition coefficient (Wildman–Crippen LogP) is 4.51. The van der Waals surface area contributed by atoms with E-state index >= 15 is 0 Å². The zero-order chi connectivity index (χ0) is 11.6. The van der Waals surface area contributed by atoms with E-state index in [2.05, 4.69) is 34.6 Å². The van der Waals surface area contributed by atoms with Crippen molar-refractivity contribution in [1.82, 2.24) is 0 Å². The largest absolute Gasteiger partial charge is 0.378 e. The van der Waals surface area contributed by atoms with E-state index in [-0.39, 0.29) is 0 Å². The highest BCUT2D eigenvalue weighted by Gasteiger charge is 2.21. The van der Waals surface area contributed by atoms with E-state index in [0.29, 0.717) is 6.10 Å². The number of hydrogen-bond donors (Lipinski definition) is 0. The molecule has 0 aliphatic carbocycles. The molecule has 0 aromatic heterocycles. The third kappa shape index (κ3) is 6.42. The second-order valence-corrected chi connectivity index (χ2v) is 3.72. The summed E-state index contributed by atoms with van der Waals surface area (Å²) in [7, 11) is 0. The van der Waals surface area contributed by atoms with Gasteiger partial charge in [-0.25, -0.2) is 0 Å². The number of ether oxygens (including phenoxy) is 1. The molecule has 0 heterocycles. The molecule has 88 valence electrons. The maximum Gasteiger partial charge on any atom is 0.0602 e. The number of rotatable bonds is 6. The fourth-order valence-corrected chi connectivity index (χ4v) is 1.92. The average Bonchev–Trinajstić information content (AvgIpc) is 2.20. The van der Waals surface area contributed by atoms with E-state index in [4.69, 9.17) is 4.74 Å². The third-order valence-electron chi connectivity index (χ3n) is 2.59. The van der Waals surface area contributed by atoms with E-state index in [1.165, 1.54) is 6.42 Å². The predicted molar refractivity (Wildman–Crippen MR) is 65.7 cm³/mol. The van der Waals surface area contributed by atoms with Gasteiger partial charge in [0.15, 0.2) is 0 Å². The molecule has 0 N–H and O–H groups in total. The Hall–Kier alpha value is -0.0400. The van der Waals surface area contributed by atoms with Crippen LogP contribution in [0.1, 0.15) is 61.3 Å². The molecule has 0 aromatic carbocycles. The molecule has 2 unspecified atom stereocenters. The van der Waals surface area contributed by atoms with Crippen LogP contribution >= 0.6 is 0 Å². The summed E-state index contributed by atoms with van der Waals surface area (Å²) in [4.78, 5) is 0. The van der Waals surface area contributed by atoms with Crippen LogP contribution in [-0.2, 0) is 4.74 Å². The van der Waals surface area contributed by atoms with Gasteiger partial charge in [0, 0.05) is 6.61 Å². The highest BCUT2D eigenvalue weighted by atomic mass is 16.5. The fraction of sp³-hybridized carbons (Fsp3) is 1.00. The summed E-state index contributed by atoms with van der Waals surface area (Å²) in [6, 6.07) is 0. The zero-order valence-corrected chi connectivity index (χ0v) is 11.3. The first kappa shape index (κ1) is 16.4. The van der Waals surface area contributed by atoms with Gasteiger partial charge in [-0.15, -0.1) is 0 Å². The summed E-state index contributed by atoms with van der Waals surface area (Å²) in [5, 5.41) is 0.